The molecule has 1 saturated heterocycles. The number of urea groups is 1. The van der Waals surface area contributed by atoms with Gasteiger partial charge in [0.1, 0.15) is 5.82 Å². The second-order valence-corrected chi connectivity index (χ2v) is 8.96. The Bertz CT molecular complexity index is 1100. The van der Waals surface area contributed by atoms with E-state index in [9.17, 15) is 19.3 Å². The molecule has 34 heavy (non-hydrogen) atoms. The van der Waals surface area contributed by atoms with Crippen molar-refractivity contribution in [2.24, 2.45) is 0 Å². The first kappa shape index (κ1) is 23.7. The second kappa shape index (κ2) is 9.46. The van der Waals surface area contributed by atoms with Crippen LogP contribution in [0.25, 0.3) is 0 Å². The van der Waals surface area contributed by atoms with Crippen LogP contribution >= 0.6 is 0 Å². The highest BCUT2D eigenvalue weighted by molar-refractivity contribution is 5.90. The number of likely N-dealkylation sites (N-methyl/N-ethyl adjacent to an activating group) is 1. The number of rotatable bonds is 6. The Labute approximate surface area is 197 Å². The van der Waals surface area contributed by atoms with E-state index in [0.717, 1.165) is 50.4 Å². The van der Waals surface area contributed by atoms with E-state index in [2.05, 4.69) is 34.7 Å². The summed E-state index contributed by atoms with van der Waals surface area (Å²) in [6.45, 7) is 0.941. The molecule has 2 amide bonds. The van der Waals surface area contributed by atoms with Crippen molar-refractivity contribution in [1.29, 1.82) is 0 Å². The third kappa shape index (κ3) is 4.37. The molecule has 0 spiro atoms. The molecule has 0 aromatic heterocycles. The highest BCUT2D eigenvalue weighted by Crippen LogP contribution is 2.49. The van der Waals surface area contributed by atoms with Gasteiger partial charge < -0.3 is 25.0 Å². The van der Waals surface area contributed by atoms with Crippen LogP contribution in [0.2, 0.25) is 0 Å². The topological polar surface area (TPSA) is 106 Å². The lowest BCUT2D eigenvalue weighted by Crippen LogP contribution is -2.52. The summed E-state index contributed by atoms with van der Waals surface area (Å²) in [6.07, 6.45) is 3.36. The molecule has 1 aliphatic heterocycles. The monoisotopic (exact) mass is 472 g/mol. The first-order chi connectivity index (χ1) is 16.3. The number of halogens is 1. The Balaban J connectivity index is 1.48. The molecule has 3 atom stereocenters. The number of methoxy groups -OCH3 is 2. The lowest BCUT2D eigenvalue weighted by Gasteiger charge is -2.45. The van der Waals surface area contributed by atoms with E-state index in [0.29, 0.717) is 11.5 Å². The van der Waals surface area contributed by atoms with Crippen LogP contribution in [0.5, 0.6) is 11.5 Å². The third-order valence-electron chi connectivity index (χ3n) is 7.23. The lowest BCUT2D eigenvalue weighted by molar-refractivity contribution is -0.384. The summed E-state index contributed by atoms with van der Waals surface area (Å²) in [5.41, 5.74) is 0.623. The number of likely N-dealkylation sites (tertiary alicyclic amines) is 1. The van der Waals surface area contributed by atoms with Gasteiger partial charge in [0.2, 0.25) is 0 Å². The van der Waals surface area contributed by atoms with E-state index in [4.69, 9.17) is 9.47 Å². The lowest BCUT2D eigenvalue weighted by atomic mass is 9.65. The molecule has 0 bridgehead atoms. The van der Waals surface area contributed by atoms with Crippen LogP contribution in [-0.4, -0.2) is 55.8 Å². The maximum absolute atomic E-state index is 14.1. The summed E-state index contributed by atoms with van der Waals surface area (Å²) in [4.78, 5) is 25.2. The molecule has 2 fully saturated rings. The van der Waals surface area contributed by atoms with E-state index < -0.39 is 16.8 Å². The summed E-state index contributed by atoms with van der Waals surface area (Å²) in [7, 11) is 5.33. The van der Waals surface area contributed by atoms with Crippen molar-refractivity contribution >= 4 is 17.4 Å². The first-order valence-electron chi connectivity index (χ1n) is 11.2. The van der Waals surface area contributed by atoms with Crippen molar-refractivity contribution in [3.8, 4) is 11.5 Å². The van der Waals surface area contributed by atoms with Crippen LogP contribution in [0.1, 0.15) is 31.2 Å². The number of carbonyl (C=O) groups excluding carboxylic acids is 1. The summed E-state index contributed by atoms with van der Waals surface area (Å²) in [5.74, 6) is 0.652. The third-order valence-corrected chi connectivity index (χ3v) is 7.23. The number of fused-ring (bicyclic) bond motifs is 1. The summed E-state index contributed by atoms with van der Waals surface area (Å²) in [6, 6.07) is 8.65. The van der Waals surface area contributed by atoms with Gasteiger partial charge in [0, 0.05) is 29.6 Å². The fraction of sp³-hybridized carbons (Fsp3) is 0.458. The molecule has 0 unspecified atom stereocenters. The van der Waals surface area contributed by atoms with E-state index >= 15 is 0 Å². The molecule has 4 rings (SSSR count). The molecule has 1 saturated carbocycles. The molecule has 2 N–H and O–H groups in total. The fourth-order valence-electron chi connectivity index (χ4n) is 5.46. The van der Waals surface area contributed by atoms with E-state index in [-0.39, 0.29) is 28.9 Å². The molecule has 1 aliphatic carbocycles. The Kier molecular flexibility index (Phi) is 6.60. The second-order valence-electron chi connectivity index (χ2n) is 8.96. The van der Waals surface area contributed by atoms with Crippen LogP contribution in [-0.2, 0) is 5.41 Å². The van der Waals surface area contributed by atoms with Crippen molar-refractivity contribution in [1.82, 2.24) is 10.2 Å². The van der Waals surface area contributed by atoms with E-state index in [1.54, 1.807) is 14.2 Å². The number of anilines is 1. The van der Waals surface area contributed by atoms with Gasteiger partial charge in [-0.2, -0.15) is 0 Å². The Hall–Kier alpha value is -3.40. The molecule has 0 radical (unpaired) electrons. The molecular weight excluding hydrogens is 443 g/mol. The van der Waals surface area contributed by atoms with Crippen LogP contribution in [0.15, 0.2) is 36.4 Å². The zero-order valence-electron chi connectivity index (χ0n) is 19.5. The number of nitro groups is 1. The van der Waals surface area contributed by atoms with Gasteiger partial charge in [0.25, 0.3) is 5.69 Å². The average Bonchev–Trinajstić information content (AvgIpc) is 3.16. The molecular formula is C24H29FN4O5. The number of benzene rings is 2. The number of nitrogens with zero attached hydrogens (tertiary/aromatic N) is 2. The molecule has 2 aliphatic rings. The van der Waals surface area contributed by atoms with Crippen LogP contribution < -0.4 is 20.1 Å². The Morgan fingerprint density at radius 3 is 2.65 bits per heavy atom. The maximum Gasteiger partial charge on any atom is 0.319 e. The van der Waals surface area contributed by atoms with Gasteiger partial charge in [0.15, 0.2) is 11.5 Å². The van der Waals surface area contributed by atoms with Gasteiger partial charge >= 0.3 is 6.03 Å². The van der Waals surface area contributed by atoms with Crippen molar-refractivity contribution in [2.45, 2.75) is 43.2 Å². The number of hydrogen-bond donors (Lipinski definition) is 2. The number of carbonyl (C=O) groups is 1. The smallest absolute Gasteiger partial charge is 0.319 e. The standard InChI is InChI=1S/C24H29FN4O5/c1-28-11-10-24(15-4-7-20(33-2)21(12-15)34-3)9-8-16(13-22(24)28)26-23(30)27-19-14-17(29(31)32)5-6-18(19)25/h4-7,12,14,16,22H,8-11,13H2,1-3H3,(H2,26,27,30)/t16-,22+,24-/m0/s1. The minimum Gasteiger partial charge on any atom is -0.493 e. The fourth-order valence-corrected chi connectivity index (χ4v) is 5.46. The minimum absolute atomic E-state index is 0.0604. The summed E-state index contributed by atoms with van der Waals surface area (Å²) < 4.78 is 25.0. The van der Waals surface area contributed by atoms with E-state index in [1.165, 1.54) is 5.56 Å². The Morgan fingerprint density at radius 2 is 1.94 bits per heavy atom. The van der Waals surface area contributed by atoms with Gasteiger partial charge in [0.05, 0.1) is 24.8 Å². The molecule has 2 aromatic carbocycles. The highest BCUT2D eigenvalue weighted by Gasteiger charge is 2.50. The van der Waals surface area contributed by atoms with Crippen molar-refractivity contribution in [3.63, 3.8) is 0 Å². The minimum atomic E-state index is -0.729. The van der Waals surface area contributed by atoms with E-state index in [1.807, 2.05) is 6.07 Å². The quantitative estimate of drug-likeness (QED) is 0.485. The molecule has 1 heterocycles. The Morgan fingerprint density at radius 1 is 1.18 bits per heavy atom. The van der Waals surface area contributed by atoms with Crippen LogP contribution in [0.4, 0.5) is 20.6 Å². The van der Waals surface area contributed by atoms with Gasteiger partial charge in [-0.3, -0.25) is 10.1 Å². The van der Waals surface area contributed by atoms with Gasteiger partial charge in [-0.25, -0.2) is 9.18 Å². The zero-order chi connectivity index (χ0) is 24.5. The van der Waals surface area contributed by atoms with Crippen molar-refractivity contribution in [3.05, 3.63) is 57.9 Å². The number of non-ortho nitro benzene ring substituents is 1. The number of nitro benzene ring substituents is 1. The van der Waals surface area contributed by atoms with Crippen LogP contribution in [0.3, 0.4) is 0 Å². The van der Waals surface area contributed by atoms with Crippen molar-refractivity contribution in [2.75, 3.05) is 33.1 Å². The SMILES string of the molecule is COc1ccc([C@@]23CC[C@H](NC(=O)Nc4cc([N+](=O)[O-])ccc4F)C[C@H]2N(C)CC3)cc1OC. The van der Waals surface area contributed by atoms with Gasteiger partial charge in [-0.1, -0.05) is 6.07 Å². The number of nitrogens with one attached hydrogen (secondary N) is 2. The number of ether oxygens (including phenoxy) is 2. The highest BCUT2D eigenvalue weighted by atomic mass is 19.1. The number of amides is 2. The van der Waals surface area contributed by atoms with Crippen molar-refractivity contribution < 1.29 is 23.6 Å². The predicted octanol–water partition coefficient (Wildman–Crippen LogP) is 4.07. The zero-order valence-corrected chi connectivity index (χ0v) is 19.5. The first-order valence-corrected chi connectivity index (χ1v) is 11.2. The molecule has 10 heteroatoms. The molecule has 2 aromatic rings. The summed E-state index contributed by atoms with van der Waals surface area (Å²) >= 11 is 0. The predicted molar refractivity (Wildman–Crippen MR) is 125 cm³/mol. The average molecular weight is 473 g/mol. The molecule has 182 valence electrons. The van der Waals surface area contributed by atoms with Crippen LogP contribution in [0, 0.1) is 15.9 Å². The summed E-state index contributed by atoms with van der Waals surface area (Å²) in [5, 5.41) is 16.3. The van der Waals surface area contributed by atoms with Gasteiger partial charge in [-0.15, -0.1) is 0 Å². The molecule has 9 nitrogen and oxygen atoms in total. The maximum atomic E-state index is 14.1. The van der Waals surface area contributed by atoms with Gasteiger partial charge in [-0.05, 0) is 63.0 Å². The normalized spacial score (nSPS) is 24.2. The largest absolute Gasteiger partial charge is 0.493 e. The number of hydrogen-bond acceptors (Lipinski definition) is 6.